The third-order valence-electron chi connectivity index (χ3n) is 6.32. The molecule has 0 heterocycles. The maximum absolute atomic E-state index is 6.42. The number of hydrogen-bond donors (Lipinski definition) is 0. The maximum atomic E-state index is 6.42. The highest BCUT2D eigenvalue weighted by Gasteiger charge is 2.24. The fourth-order valence-electron chi connectivity index (χ4n) is 4.74. The van der Waals surface area contributed by atoms with Crippen LogP contribution >= 0.6 is 15.9 Å². The summed E-state index contributed by atoms with van der Waals surface area (Å²) in [6.07, 6.45) is 1.86. The smallest absolute Gasteiger partial charge is 0.188 e. The molecule has 0 radical (unpaired) electrons. The first-order valence-electron chi connectivity index (χ1n) is 11.9. The van der Waals surface area contributed by atoms with Crippen molar-refractivity contribution in [3.05, 3.63) is 102 Å². The molecule has 0 fully saturated rings. The molecule has 0 saturated carbocycles. The largest absolute Gasteiger partial charge is 0.467 e. The van der Waals surface area contributed by atoms with E-state index in [4.69, 9.17) is 18.9 Å². The molecule has 37 heavy (non-hydrogen) atoms. The molecule has 5 aromatic carbocycles. The standard InChI is InChI=1S/C32H27BrO4/c1-4-21-13-15-24(33)18-27(21)28-17-23-10-6-8-12-26(23)31(32(28)37-20-35-3)30-25-11-7-5-9-22(25)14-16-29(30)36-19-34-2/h4-18H,1,19-20H2,2-3H3. The van der Waals surface area contributed by atoms with Crippen LogP contribution in [0.25, 0.3) is 49.9 Å². The summed E-state index contributed by atoms with van der Waals surface area (Å²) < 4.78 is 24.2. The van der Waals surface area contributed by atoms with Crippen LogP contribution in [0.2, 0.25) is 0 Å². The highest BCUT2D eigenvalue weighted by Crippen LogP contribution is 2.50. The second-order valence-corrected chi connectivity index (χ2v) is 9.46. The molecule has 0 spiro atoms. The minimum atomic E-state index is 0.0921. The molecule has 0 N–H and O–H groups in total. The van der Waals surface area contributed by atoms with Crippen LogP contribution in [0.3, 0.4) is 0 Å². The third kappa shape index (κ3) is 4.86. The quantitative estimate of drug-likeness (QED) is 0.171. The molecule has 5 rings (SSSR count). The molecule has 0 atom stereocenters. The summed E-state index contributed by atoms with van der Waals surface area (Å²) in [6, 6.07) is 29.0. The summed E-state index contributed by atoms with van der Waals surface area (Å²) in [7, 11) is 3.24. The van der Waals surface area contributed by atoms with Crippen LogP contribution in [-0.4, -0.2) is 27.8 Å². The lowest BCUT2D eigenvalue weighted by atomic mass is 9.87. The van der Waals surface area contributed by atoms with E-state index in [2.05, 4.69) is 65.0 Å². The van der Waals surface area contributed by atoms with Crippen molar-refractivity contribution >= 4 is 43.6 Å². The van der Waals surface area contributed by atoms with E-state index < -0.39 is 0 Å². The Kier molecular flexibility index (Phi) is 7.56. The molecule has 0 aromatic heterocycles. The van der Waals surface area contributed by atoms with Crippen LogP contribution in [0, 0.1) is 0 Å². The highest BCUT2D eigenvalue weighted by atomic mass is 79.9. The van der Waals surface area contributed by atoms with E-state index >= 15 is 0 Å². The van der Waals surface area contributed by atoms with Crippen LogP contribution in [0.4, 0.5) is 0 Å². The Bertz CT molecular complexity index is 1590. The molecule has 0 amide bonds. The summed E-state index contributed by atoms with van der Waals surface area (Å²) in [4.78, 5) is 0. The Morgan fingerprint density at radius 1 is 0.703 bits per heavy atom. The fourth-order valence-corrected chi connectivity index (χ4v) is 5.10. The van der Waals surface area contributed by atoms with E-state index in [1.807, 2.05) is 48.5 Å². The average Bonchev–Trinajstić information content (AvgIpc) is 2.94. The average molecular weight is 555 g/mol. The molecule has 186 valence electrons. The van der Waals surface area contributed by atoms with E-state index in [0.29, 0.717) is 11.5 Å². The molecule has 0 aliphatic rings. The summed E-state index contributed by atoms with van der Waals surface area (Å²) in [5, 5.41) is 4.28. The van der Waals surface area contributed by atoms with Gasteiger partial charge in [0.25, 0.3) is 0 Å². The van der Waals surface area contributed by atoms with Gasteiger partial charge in [0.05, 0.1) is 0 Å². The Hall–Kier alpha value is -3.64. The first kappa shape index (κ1) is 25.0. The first-order valence-corrected chi connectivity index (χ1v) is 12.7. The highest BCUT2D eigenvalue weighted by molar-refractivity contribution is 9.10. The van der Waals surface area contributed by atoms with Gasteiger partial charge in [-0.05, 0) is 56.9 Å². The van der Waals surface area contributed by atoms with E-state index in [9.17, 15) is 0 Å². The zero-order valence-corrected chi connectivity index (χ0v) is 22.4. The molecule has 5 heteroatoms. The van der Waals surface area contributed by atoms with Gasteiger partial charge in [0.2, 0.25) is 0 Å². The summed E-state index contributed by atoms with van der Waals surface area (Å²) in [5.41, 5.74) is 4.81. The van der Waals surface area contributed by atoms with Gasteiger partial charge in [0, 0.05) is 35.4 Å². The van der Waals surface area contributed by atoms with Gasteiger partial charge in [-0.25, -0.2) is 0 Å². The van der Waals surface area contributed by atoms with Crippen LogP contribution in [0.5, 0.6) is 11.5 Å². The number of rotatable bonds is 9. The molecular formula is C32H27BrO4. The van der Waals surface area contributed by atoms with Gasteiger partial charge < -0.3 is 18.9 Å². The SMILES string of the molecule is C=Cc1ccc(Br)cc1-c1cc2ccccc2c(-c2c(OCOC)ccc3ccccc23)c1OCOC. The predicted molar refractivity (Wildman–Crippen MR) is 155 cm³/mol. The van der Waals surface area contributed by atoms with Gasteiger partial charge in [-0.15, -0.1) is 0 Å². The Balaban J connectivity index is 1.96. The summed E-state index contributed by atoms with van der Waals surface area (Å²) >= 11 is 3.65. The van der Waals surface area contributed by atoms with Gasteiger partial charge in [-0.2, -0.15) is 0 Å². The number of hydrogen-bond acceptors (Lipinski definition) is 4. The molecule has 5 aromatic rings. The molecule has 4 nitrogen and oxygen atoms in total. The van der Waals surface area contributed by atoms with Crippen molar-refractivity contribution in [3.8, 4) is 33.8 Å². The molecule has 0 bridgehead atoms. The molecular weight excluding hydrogens is 528 g/mol. The van der Waals surface area contributed by atoms with Gasteiger partial charge >= 0.3 is 0 Å². The van der Waals surface area contributed by atoms with Gasteiger partial charge in [-0.1, -0.05) is 89.2 Å². The van der Waals surface area contributed by atoms with E-state index in [-0.39, 0.29) is 13.6 Å². The van der Waals surface area contributed by atoms with Crippen LogP contribution in [-0.2, 0) is 9.47 Å². The normalized spacial score (nSPS) is 11.1. The molecule has 0 aliphatic carbocycles. The van der Waals surface area contributed by atoms with E-state index in [1.54, 1.807) is 14.2 Å². The van der Waals surface area contributed by atoms with Crippen molar-refractivity contribution in [3.63, 3.8) is 0 Å². The van der Waals surface area contributed by atoms with Gasteiger partial charge in [0.1, 0.15) is 11.5 Å². The number of benzene rings is 5. The second kappa shape index (κ2) is 11.2. The first-order chi connectivity index (χ1) is 18.2. The van der Waals surface area contributed by atoms with Crippen molar-refractivity contribution in [2.45, 2.75) is 0 Å². The minimum absolute atomic E-state index is 0.0921. The zero-order valence-electron chi connectivity index (χ0n) is 20.8. The summed E-state index contributed by atoms with van der Waals surface area (Å²) in [5.74, 6) is 1.42. The third-order valence-corrected chi connectivity index (χ3v) is 6.81. The number of ether oxygens (including phenoxy) is 4. The number of fused-ring (bicyclic) bond motifs is 2. The Labute approximate surface area is 225 Å². The fraction of sp³-hybridized carbons (Fsp3) is 0.125. The zero-order chi connectivity index (χ0) is 25.8. The van der Waals surface area contributed by atoms with E-state index in [0.717, 1.165) is 53.8 Å². The molecule has 0 unspecified atom stereocenters. The van der Waals surface area contributed by atoms with Gasteiger partial charge in [0.15, 0.2) is 13.6 Å². The predicted octanol–water partition coefficient (Wildman–Crippen LogP) is 8.70. The Morgan fingerprint density at radius 2 is 1.38 bits per heavy atom. The van der Waals surface area contributed by atoms with Crippen LogP contribution < -0.4 is 9.47 Å². The van der Waals surface area contributed by atoms with Crippen LogP contribution in [0.15, 0.2) is 96.0 Å². The maximum Gasteiger partial charge on any atom is 0.188 e. The lowest BCUT2D eigenvalue weighted by Crippen LogP contribution is -2.05. The van der Waals surface area contributed by atoms with Crippen molar-refractivity contribution < 1.29 is 18.9 Å². The topological polar surface area (TPSA) is 36.9 Å². The summed E-state index contributed by atoms with van der Waals surface area (Å²) in [6.45, 7) is 4.28. The second-order valence-electron chi connectivity index (χ2n) is 8.55. The van der Waals surface area contributed by atoms with Gasteiger partial charge in [-0.3, -0.25) is 0 Å². The lowest BCUT2D eigenvalue weighted by molar-refractivity contribution is 0.0504. The van der Waals surface area contributed by atoms with E-state index in [1.165, 1.54) is 0 Å². The lowest BCUT2D eigenvalue weighted by Gasteiger charge is -2.22. The number of methoxy groups -OCH3 is 2. The number of halogens is 1. The Morgan fingerprint density at radius 3 is 2.11 bits per heavy atom. The molecule has 0 saturated heterocycles. The van der Waals surface area contributed by atoms with Crippen LogP contribution in [0.1, 0.15) is 5.56 Å². The minimum Gasteiger partial charge on any atom is -0.467 e. The van der Waals surface area contributed by atoms with Crippen molar-refractivity contribution in [1.82, 2.24) is 0 Å². The van der Waals surface area contributed by atoms with Crippen molar-refractivity contribution in [2.75, 3.05) is 27.8 Å². The molecule has 0 aliphatic heterocycles. The van der Waals surface area contributed by atoms with Crippen molar-refractivity contribution in [1.29, 1.82) is 0 Å². The monoisotopic (exact) mass is 554 g/mol. The van der Waals surface area contributed by atoms with Crippen molar-refractivity contribution in [2.24, 2.45) is 0 Å².